The molecule has 100 valence electrons. The van der Waals surface area contributed by atoms with E-state index in [0.717, 1.165) is 0 Å². The van der Waals surface area contributed by atoms with E-state index in [9.17, 15) is 4.79 Å². The lowest BCUT2D eigenvalue weighted by Crippen LogP contribution is -2.28. The number of carbonyl (C=O) groups is 1. The van der Waals surface area contributed by atoms with Crippen molar-refractivity contribution in [2.45, 2.75) is 26.4 Å². The molecule has 1 rings (SSSR count). The van der Waals surface area contributed by atoms with Gasteiger partial charge in [-0.15, -0.1) is 0 Å². The lowest BCUT2D eigenvalue weighted by molar-refractivity contribution is -0.150. The lowest BCUT2D eigenvalue weighted by Gasteiger charge is -2.16. The van der Waals surface area contributed by atoms with Gasteiger partial charge >= 0.3 is 5.97 Å². The number of aliphatic carboxylic acids is 1. The zero-order valence-corrected chi connectivity index (χ0v) is 11.8. The fourth-order valence-electron chi connectivity index (χ4n) is 1.43. The average molecular weight is 291 g/mol. The molecule has 1 aromatic carbocycles. The Morgan fingerprint density at radius 1 is 1.39 bits per heavy atom. The quantitative estimate of drug-likeness (QED) is 0.870. The molecule has 0 spiro atoms. The predicted molar refractivity (Wildman–Crippen MR) is 72.4 cm³/mol. The van der Waals surface area contributed by atoms with Gasteiger partial charge in [0.2, 0.25) is 0 Å². The highest BCUT2D eigenvalue weighted by molar-refractivity contribution is 6.42. The fraction of sp³-hybridized carbons (Fsp3) is 0.462. The molecule has 0 aliphatic heterocycles. The van der Waals surface area contributed by atoms with E-state index in [-0.39, 0.29) is 12.3 Å². The molecule has 5 heteroatoms. The Hall–Kier alpha value is -0.770. The van der Waals surface area contributed by atoms with Crippen molar-refractivity contribution in [2.75, 3.05) is 6.61 Å². The predicted octanol–water partition coefficient (Wildman–Crippen LogP) is 3.66. The number of carboxylic acid groups (broad SMARTS) is 1. The van der Waals surface area contributed by atoms with Crippen molar-refractivity contribution < 1.29 is 14.6 Å². The monoisotopic (exact) mass is 290 g/mol. The normalized spacial score (nSPS) is 12.7. The van der Waals surface area contributed by atoms with Gasteiger partial charge in [0.05, 0.1) is 16.7 Å². The molecule has 1 atom stereocenters. The molecule has 0 aromatic heterocycles. The SMILES string of the molecule is CC(C)CO[C@@H](Cc1cccc(Cl)c1Cl)C(=O)O. The maximum Gasteiger partial charge on any atom is 0.333 e. The van der Waals surface area contributed by atoms with E-state index in [2.05, 4.69) is 0 Å². The van der Waals surface area contributed by atoms with Crippen LogP contribution < -0.4 is 0 Å². The van der Waals surface area contributed by atoms with Crippen LogP contribution in [-0.4, -0.2) is 23.8 Å². The second-order valence-corrected chi connectivity index (χ2v) is 5.26. The van der Waals surface area contributed by atoms with E-state index >= 15 is 0 Å². The van der Waals surface area contributed by atoms with Gasteiger partial charge in [0.25, 0.3) is 0 Å². The Morgan fingerprint density at radius 3 is 2.61 bits per heavy atom. The van der Waals surface area contributed by atoms with Gasteiger partial charge in [0.15, 0.2) is 6.10 Å². The molecule has 0 saturated heterocycles. The molecule has 1 aromatic rings. The first-order valence-electron chi connectivity index (χ1n) is 5.69. The summed E-state index contributed by atoms with van der Waals surface area (Å²) in [4.78, 5) is 11.1. The van der Waals surface area contributed by atoms with Crippen LogP contribution in [0.4, 0.5) is 0 Å². The van der Waals surface area contributed by atoms with E-state index in [4.69, 9.17) is 33.0 Å². The van der Waals surface area contributed by atoms with Crippen LogP contribution in [0.25, 0.3) is 0 Å². The van der Waals surface area contributed by atoms with E-state index in [1.807, 2.05) is 13.8 Å². The molecule has 0 bridgehead atoms. The second-order valence-electron chi connectivity index (χ2n) is 4.47. The summed E-state index contributed by atoms with van der Waals surface area (Å²) in [5, 5.41) is 9.91. The highest BCUT2D eigenvalue weighted by Gasteiger charge is 2.20. The minimum atomic E-state index is -0.994. The number of rotatable bonds is 6. The van der Waals surface area contributed by atoms with E-state index in [0.29, 0.717) is 22.2 Å². The van der Waals surface area contributed by atoms with Gasteiger partial charge < -0.3 is 9.84 Å². The molecule has 0 radical (unpaired) electrons. The highest BCUT2D eigenvalue weighted by Crippen LogP contribution is 2.26. The molecule has 0 saturated carbocycles. The van der Waals surface area contributed by atoms with Crippen molar-refractivity contribution in [3.8, 4) is 0 Å². The van der Waals surface area contributed by atoms with Crippen LogP contribution >= 0.6 is 23.2 Å². The number of ether oxygens (including phenoxy) is 1. The number of carboxylic acids is 1. The minimum Gasteiger partial charge on any atom is -0.479 e. The van der Waals surface area contributed by atoms with Crippen LogP contribution in [-0.2, 0) is 16.0 Å². The minimum absolute atomic E-state index is 0.210. The van der Waals surface area contributed by atoms with Crippen LogP contribution in [0.3, 0.4) is 0 Å². The standard InChI is InChI=1S/C13H16Cl2O3/c1-8(2)7-18-11(13(16)17)6-9-4-3-5-10(14)12(9)15/h3-5,8,11H,6-7H2,1-2H3,(H,16,17)/t11-/m0/s1. The number of hydrogen-bond donors (Lipinski definition) is 1. The van der Waals surface area contributed by atoms with E-state index in [1.54, 1.807) is 18.2 Å². The molecule has 18 heavy (non-hydrogen) atoms. The van der Waals surface area contributed by atoms with Crippen molar-refractivity contribution in [1.29, 1.82) is 0 Å². The van der Waals surface area contributed by atoms with Gasteiger partial charge in [-0.1, -0.05) is 49.2 Å². The van der Waals surface area contributed by atoms with Crippen LogP contribution in [0.5, 0.6) is 0 Å². The molecule has 3 nitrogen and oxygen atoms in total. The Kier molecular flexibility index (Phi) is 5.93. The van der Waals surface area contributed by atoms with Gasteiger partial charge in [-0.3, -0.25) is 0 Å². The number of benzene rings is 1. The van der Waals surface area contributed by atoms with Crippen LogP contribution in [0, 0.1) is 5.92 Å². The highest BCUT2D eigenvalue weighted by atomic mass is 35.5. The third-order valence-corrected chi connectivity index (χ3v) is 3.20. The summed E-state index contributed by atoms with van der Waals surface area (Å²) >= 11 is 11.9. The van der Waals surface area contributed by atoms with Gasteiger partial charge in [-0.25, -0.2) is 4.79 Å². The molecule has 0 aliphatic carbocycles. The van der Waals surface area contributed by atoms with E-state index < -0.39 is 12.1 Å². The van der Waals surface area contributed by atoms with Gasteiger partial charge in [-0.05, 0) is 17.5 Å². The van der Waals surface area contributed by atoms with Crippen LogP contribution in [0.15, 0.2) is 18.2 Å². The Balaban J connectivity index is 2.77. The fourth-order valence-corrected chi connectivity index (χ4v) is 1.83. The molecular weight excluding hydrogens is 275 g/mol. The molecule has 0 amide bonds. The van der Waals surface area contributed by atoms with Crippen molar-refractivity contribution in [3.05, 3.63) is 33.8 Å². The molecular formula is C13H16Cl2O3. The van der Waals surface area contributed by atoms with Gasteiger partial charge in [-0.2, -0.15) is 0 Å². The summed E-state index contributed by atoms with van der Waals surface area (Å²) in [7, 11) is 0. The Morgan fingerprint density at radius 2 is 2.06 bits per heavy atom. The average Bonchev–Trinajstić information content (AvgIpc) is 2.29. The first kappa shape index (κ1) is 15.3. The topological polar surface area (TPSA) is 46.5 Å². The maximum atomic E-state index is 11.1. The maximum absolute atomic E-state index is 11.1. The summed E-state index contributed by atoms with van der Waals surface area (Å²) < 4.78 is 5.36. The van der Waals surface area contributed by atoms with E-state index in [1.165, 1.54) is 0 Å². The van der Waals surface area contributed by atoms with Gasteiger partial charge in [0.1, 0.15) is 0 Å². The smallest absolute Gasteiger partial charge is 0.333 e. The molecule has 0 fully saturated rings. The summed E-state index contributed by atoms with van der Waals surface area (Å²) in [5.41, 5.74) is 0.681. The summed E-state index contributed by atoms with van der Waals surface area (Å²) in [6, 6.07) is 5.16. The molecule has 0 heterocycles. The zero-order valence-electron chi connectivity index (χ0n) is 10.3. The number of hydrogen-bond acceptors (Lipinski definition) is 2. The molecule has 0 aliphatic rings. The van der Waals surface area contributed by atoms with Crippen LogP contribution in [0.2, 0.25) is 10.0 Å². The lowest BCUT2D eigenvalue weighted by atomic mass is 10.1. The molecule has 1 N–H and O–H groups in total. The van der Waals surface area contributed by atoms with Crippen molar-refractivity contribution in [2.24, 2.45) is 5.92 Å². The third kappa shape index (κ3) is 4.48. The summed E-state index contributed by atoms with van der Waals surface area (Å²) in [6.45, 7) is 4.33. The first-order chi connectivity index (χ1) is 8.41. The van der Waals surface area contributed by atoms with Crippen molar-refractivity contribution in [3.63, 3.8) is 0 Å². The largest absolute Gasteiger partial charge is 0.479 e. The Bertz CT molecular complexity index is 419. The second kappa shape index (κ2) is 6.98. The zero-order chi connectivity index (χ0) is 13.7. The van der Waals surface area contributed by atoms with Crippen molar-refractivity contribution in [1.82, 2.24) is 0 Å². The summed E-state index contributed by atoms with van der Waals surface area (Å²) in [6.07, 6.45) is -0.690. The molecule has 0 unspecified atom stereocenters. The first-order valence-corrected chi connectivity index (χ1v) is 6.44. The Labute approximate surface area is 117 Å². The van der Waals surface area contributed by atoms with Crippen molar-refractivity contribution >= 4 is 29.2 Å². The summed E-state index contributed by atoms with van der Waals surface area (Å²) in [5.74, 6) is -0.714. The third-order valence-electron chi connectivity index (χ3n) is 2.34. The van der Waals surface area contributed by atoms with Crippen LogP contribution in [0.1, 0.15) is 19.4 Å². The number of halogens is 2. The van der Waals surface area contributed by atoms with Gasteiger partial charge in [0, 0.05) is 6.42 Å².